The number of aromatic nitrogens is 2. The Balaban J connectivity index is 2.01. The van der Waals surface area contributed by atoms with Crippen molar-refractivity contribution in [2.45, 2.75) is 32.4 Å². The van der Waals surface area contributed by atoms with E-state index in [9.17, 15) is 0 Å². The molecule has 108 valence electrons. The van der Waals surface area contributed by atoms with E-state index in [-0.39, 0.29) is 6.10 Å². The molecule has 0 bridgehead atoms. The Labute approximate surface area is 131 Å². The van der Waals surface area contributed by atoms with E-state index in [1.54, 1.807) is 17.7 Å². The maximum Gasteiger partial charge on any atom is 0.141 e. The minimum atomic E-state index is 0.223. The molecular weight excluding hydrogens is 338 g/mol. The van der Waals surface area contributed by atoms with Crippen molar-refractivity contribution in [3.63, 3.8) is 0 Å². The molecule has 20 heavy (non-hydrogen) atoms. The molecule has 2 aromatic heterocycles. The fourth-order valence-corrected chi connectivity index (χ4v) is 3.82. The van der Waals surface area contributed by atoms with Gasteiger partial charge >= 0.3 is 0 Å². The Bertz CT molecular complexity index is 603. The number of aryl methyl sites for hydroxylation is 1. The molecule has 6 heteroatoms. The summed E-state index contributed by atoms with van der Waals surface area (Å²) in [5, 5.41) is 2.03. The van der Waals surface area contributed by atoms with E-state index in [0.717, 1.165) is 35.6 Å². The summed E-state index contributed by atoms with van der Waals surface area (Å²) < 4.78 is 5.80. The number of thiophene rings is 1. The monoisotopic (exact) mass is 355 g/mol. The molecule has 4 nitrogen and oxygen atoms in total. The van der Waals surface area contributed by atoms with Gasteiger partial charge in [0.1, 0.15) is 17.0 Å². The standard InChI is InChI=1S/C14H18BrN3OS/c1-3-11-4-12-13(16-8-17-14(12)20-11)18-6-10(5-15)19-7-9(18)2/h4,8-10H,3,5-7H2,1-2H3. The number of morpholine rings is 1. The van der Waals surface area contributed by atoms with Crippen molar-refractivity contribution < 1.29 is 4.74 Å². The highest BCUT2D eigenvalue weighted by molar-refractivity contribution is 9.09. The molecule has 3 rings (SSSR count). The molecule has 1 aliphatic rings. The molecule has 1 fully saturated rings. The highest BCUT2D eigenvalue weighted by Crippen LogP contribution is 2.32. The number of fused-ring (bicyclic) bond motifs is 1. The van der Waals surface area contributed by atoms with Gasteiger partial charge in [-0.3, -0.25) is 0 Å². The summed E-state index contributed by atoms with van der Waals surface area (Å²) in [7, 11) is 0. The SMILES string of the molecule is CCc1cc2c(N3CC(CBr)OCC3C)ncnc2s1. The van der Waals surface area contributed by atoms with Crippen molar-refractivity contribution in [3.8, 4) is 0 Å². The third-order valence-electron chi connectivity index (χ3n) is 3.66. The zero-order valence-corrected chi connectivity index (χ0v) is 14.1. The highest BCUT2D eigenvalue weighted by atomic mass is 79.9. The lowest BCUT2D eigenvalue weighted by Crippen LogP contribution is -2.49. The zero-order chi connectivity index (χ0) is 14.1. The summed E-state index contributed by atoms with van der Waals surface area (Å²) in [6, 6.07) is 2.58. The fraction of sp³-hybridized carbons (Fsp3) is 0.571. The van der Waals surface area contributed by atoms with Crippen molar-refractivity contribution in [2.24, 2.45) is 0 Å². The lowest BCUT2D eigenvalue weighted by atomic mass is 10.2. The van der Waals surface area contributed by atoms with Crippen molar-refractivity contribution in [3.05, 3.63) is 17.3 Å². The molecule has 0 spiro atoms. The number of rotatable bonds is 3. The van der Waals surface area contributed by atoms with Crippen LogP contribution in [0.4, 0.5) is 5.82 Å². The molecule has 2 unspecified atom stereocenters. The van der Waals surface area contributed by atoms with E-state index in [1.807, 2.05) is 0 Å². The summed E-state index contributed by atoms with van der Waals surface area (Å²) >= 11 is 5.28. The summed E-state index contributed by atoms with van der Waals surface area (Å²) in [6.45, 7) is 5.98. The molecular formula is C14H18BrN3OS. The number of alkyl halides is 1. The Morgan fingerprint density at radius 3 is 3.10 bits per heavy atom. The van der Waals surface area contributed by atoms with E-state index in [0.29, 0.717) is 6.04 Å². The Kier molecular flexibility index (Phi) is 4.23. The Hall–Kier alpha value is -0.720. The van der Waals surface area contributed by atoms with Gasteiger partial charge in [-0.15, -0.1) is 11.3 Å². The van der Waals surface area contributed by atoms with Crippen LogP contribution < -0.4 is 4.90 Å². The quantitative estimate of drug-likeness (QED) is 0.792. The predicted octanol–water partition coefficient (Wildman–Crippen LogP) is 3.24. The molecule has 3 heterocycles. The molecule has 0 aliphatic carbocycles. The summed E-state index contributed by atoms with van der Waals surface area (Å²) in [4.78, 5) is 13.8. The van der Waals surface area contributed by atoms with Crippen LogP contribution in [0.25, 0.3) is 10.2 Å². The fourth-order valence-electron chi connectivity index (χ4n) is 2.50. The normalized spacial score (nSPS) is 23.4. The maximum atomic E-state index is 5.80. The average Bonchev–Trinajstić information content (AvgIpc) is 2.91. The van der Waals surface area contributed by atoms with E-state index in [1.165, 1.54) is 10.3 Å². The number of anilines is 1. The van der Waals surface area contributed by atoms with Crippen LogP contribution in [0.3, 0.4) is 0 Å². The van der Waals surface area contributed by atoms with Gasteiger partial charge in [-0.05, 0) is 19.4 Å². The van der Waals surface area contributed by atoms with Crippen molar-refractivity contribution >= 4 is 43.3 Å². The first-order chi connectivity index (χ1) is 9.72. The number of nitrogens with zero attached hydrogens (tertiary/aromatic N) is 3. The Morgan fingerprint density at radius 1 is 1.50 bits per heavy atom. The molecule has 0 N–H and O–H groups in total. The molecule has 1 saturated heterocycles. The minimum Gasteiger partial charge on any atom is -0.373 e. The lowest BCUT2D eigenvalue weighted by Gasteiger charge is -2.38. The van der Waals surface area contributed by atoms with Crippen LogP contribution in [0.15, 0.2) is 12.4 Å². The molecule has 2 atom stereocenters. The summed E-state index contributed by atoms with van der Waals surface area (Å²) in [5.41, 5.74) is 0. The molecule has 0 radical (unpaired) electrons. The maximum absolute atomic E-state index is 5.80. The molecule has 2 aromatic rings. The van der Waals surface area contributed by atoms with Crippen LogP contribution in [0.2, 0.25) is 0 Å². The van der Waals surface area contributed by atoms with Crippen LogP contribution in [0, 0.1) is 0 Å². The molecule has 0 saturated carbocycles. The minimum absolute atomic E-state index is 0.223. The van der Waals surface area contributed by atoms with E-state index in [4.69, 9.17) is 4.74 Å². The van der Waals surface area contributed by atoms with Gasteiger partial charge in [0.05, 0.1) is 24.1 Å². The summed E-state index contributed by atoms with van der Waals surface area (Å²) in [5.74, 6) is 1.05. The topological polar surface area (TPSA) is 38.2 Å². The van der Waals surface area contributed by atoms with Gasteiger partial charge < -0.3 is 9.64 Å². The Morgan fingerprint density at radius 2 is 2.35 bits per heavy atom. The van der Waals surface area contributed by atoms with Crippen molar-refractivity contribution in [1.29, 1.82) is 0 Å². The van der Waals surface area contributed by atoms with Crippen LogP contribution in [-0.4, -0.2) is 40.6 Å². The first-order valence-corrected chi connectivity index (χ1v) is 8.84. The second-order valence-corrected chi connectivity index (χ2v) is 6.86. The van der Waals surface area contributed by atoms with Gasteiger partial charge in [-0.2, -0.15) is 0 Å². The number of hydrogen-bond donors (Lipinski definition) is 0. The van der Waals surface area contributed by atoms with Gasteiger partial charge in [-0.25, -0.2) is 9.97 Å². The van der Waals surface area contributed by atoms with Crippen molar-refractivity contribution in [1.82, 2.24) is 9.97 Å². The van der Waals surface area contributed by atoms with E-state index >= 15 is 0 Å². The average molecular weight is 356 g/mol. The second kappa shape index (κ2) is 5.95. The largest absolute Gasteiger partial charge is 0.373 e. The number of hydrogen-bond acceptors (Lipinski definition) is 5. The van der Waals surface area contributed by atoms with Gasteiger partial charge in [0.2, 0.25) is 0 Å². The predicted molar refractivity (Wildman–Crippen MR) is 87.1 cm³/mol. The first-order valence-electron chi connectivity index (χ1n) is 6.90. The molecule has 1 aliphatic heterocycles. The number of halogens is 1. The van der Waals surface area contributed by atoms with E-state index < -0.39 is 0 Å². The smallest absolute Gasteiger partial charge is 0.141 e. The van der Waals surface area contributed by atoms with Gasteiger partial charge in [0.15, 0.2) is 0 Å². The second-order valence-electron chi connectivity index (χ2n) is 5.09. The van der Waals surface area contributed by atoms with Crippen molar-refractivity contribution in [2.75, 3.05) is 23.4 Å². The van der Waals surface area contributed by atoms with Crippen LogP contribution >= 0.6 is 27.3 Å². The lowest BCUT2D eigenvalue weighted by molar-refractivity contribution is 0.0378. The third-order valence-corrected chi connectivity index (χ3v) is 5.57. The first kappa shape index (κ1) is 14.2. The van der Waals surface area contributed by atoms with Crippen LogP contribution in [-0.2, 0) is 11.2 Å². The molecule has 0 amide bonds. The summed E-state index contributed by atoms with van der Waals surface area (Å²) in [6.07, 6.45) is 2.95. The molecule has 0 aromatic carbocycles. The highest BCUT2D eigenvalue weighted by Gasteiger charge is 2.28. The number of ether oxygens (including phenoxy) is 1. The van der Waals surface area contributed by atoms with Crippen LogP contribution in [0.5, 0.6) is 0 Å². The van der Waals surface area contributed by atoms with Gasteiger partial charge in [0.25, 0.3) is 0 Å². The van der Waals surface area contributed by atoms with E-state index in [2.05, 4.69) is 50.7 Å². The zero-order valence-electron chi connectivity index (χ0n) is 11.7. The van der Waals surface area contributed by atoms with Crippen LogP contribution in [0.1, 0.15) is 18.7 Å². The third kappa shape index (κ3) is 2.56. The van der Waals surface area contributed by atoms with Gasteiger partial charge in [-0.1, -0.05) is 22.9 Å². The van der Waals surface area contributed by atoms with Gasteiger partial charge in [0, 0.05) is 16.8 Å².